The van der Waals surface area contributed by atoms with Gasteiger partial charge in [-0.15, -0.1) is 10.2 Å². The van der Waals surface area contributed by atoms with Gasteiger partial charge in [0.1, 0.15) is 23.5 Å². The number of rotatable bonds is 4. The molecule has 0 radical (unpaired) electrons. The molecule has 2 heterocycles. The molecule has 1 aromatic carbocycles. The summed E-state index contributed by atoms with van der Waals surface area (Å²) >= 11 is 0. The van der Waals surface area contributed by atoms with Crippen LogP contribution in [0.1, 0.15) is 17.1 Å². The van der Waals surface area contributed by atoms with Crippen LogP contribution in [0.4, 0.5) is 0 Å². The molecule has 0 aliphatic rings. The number of hydrogen-bond donors (Lipinski definition) is 1. The molecule has 0 atom stereocenters. The second-order valence-corrected chi connectivity index (χ2v) is 4.59. The van der Waals surface area contributed by atoms with Crippen LogP contribution >= 0.6 is 0 Å². The summed E-state index contributed by atoms with van der Waals surface area (Å²) in [6.07, 6.45) is 1.70. The van der Waals surface area contributed by atoms with Crippen LogP contribution in [-0.4, -0.2) is 14.8 Å². The van der Waals surface area contributed by atoms with Crippen LogP contribution in [0, 0.1) is 6.92 Å². The van der Waals surface area contributed by atoms with Crippen molar-refractivity contribution in [2.75, 3.05) is 0 Å². The van der Waals surface area contributed by atoms with E-state index in [1.165, 1.54) is 10.9 Å². The lowest BCUT2D eigenvalue weighted by Gasteiger charge is -2.04. The third-order valence-corrected chi connectivity index (χ3v) is 3.29. The first kappa shape index (κ1) is 11.9. The van der Waals surface area contributed by atoms with Gasteiger partial charge in [-0.05, 0) is 13.0 Å². The molecule has 0 bridgehead atoms. The van der Waals surface area contributed by atoms with Gasteiger partial charge in [-0.3, -0.25) is 0 Å². The average Bonchev–Trinajstić information content (AvgIpc) is 2.94. The molecule has 0 saturated heterocycles. The number of hydrogen-bond acceptors (Lipinski definition) is 4. The second kappa shape index (κ2) is 4.85. The summed E-state index contributed by atoms with van der Waals surface area (Å²) in [6, 6.07) is 8.10. The molecule has 0 saturated carbocycles. The largest absolute Gasteiger partial charge is 0.461 e. The second-order valence-electron chi connectivity index (χ2n) is 4.59. The van der Waals surface area contributed by atoms with Gasteiger partial charge in [-0.1, -0.05) is 18.2 Å². The summed E-state index contributed by atoms with van der Waals surface area (Å²) in [4.78, 5) is 0. The van der Waals surface area contributed by atoms with Crippen molar-refractivity contribution in [1.82, 2.24) is 20.1 Å². The van der Waals surface area contributed by atoms with Gasteiger partial charge in [0.25, 0.3) is 0 Å². The minimum Gasteiger partial charge on any atom is -0.461 e. The standard InChI is InChI=1S/C14H16N4O/c1-10-12(11-5-3-4-6-13(11)19-10)7-15-8-14-17-16-9-18(14)2/h3-6,9,15H,7-8H2,1-2H3. The Balaban J connectivity index is 1.75. The Morgan fingerprint density at radius 2 is 2.11 bits per heavy atom. The highest BCUT2D eigenvalue weighted by atomic mass is 16.3. The van der Waals surface area contributed by atoms with Crippen molar-refractivity contribution in [3.05, 3.63) is 47.7 Å². The molecule has 0 fully saturated rings. The Bertz CT molecular complexity index is 698. The van der Waals surface area contributed by atoms with Crippen molar-refractivity contribution in [1.29, 1.82) is 0 Å². The van der Waals surface area contributed by atoms with Gasteiger partial charge >= 0.3 is 0 Å². The van der Waals surface area contributed by atoms with Crippen LogP contribution in [-0.2, 0) is 20.1 Å². The van der Waals surface area contributed by atoms with Gasteiger partial charge in [0, 0.05) is 24.5 Å². The van der Waals surface area contributed by atoms with Crippen molar-refractivity contribution in [2.45, 2.75) is 20.0 Å². The van der Waals surface area contributed by atoms with Gasteiger partial charge in [0.05, 0.1) is 6.54 Å². The zero-order valence-corrected chi connectivity index (χ0v) is 11.1. The van der Waals surface area contributed by atoms with Gasteiger partial charge < -0.3 is 14.3 Å². The maximum absolute atomic E-state index is 5.74. The van der Waals surface area contributed by atoms with Crippen molar-refractivity contribution in [2.24, 2.45) is 7.05 Å². The topological polar surface area (TPSA) is 55.9 Å². The highest BCUT2D eigenvalue weighted by Crippen LogP contribution is 2.24. The zero-order valence-electron chi connectivity index (χ0n) is 11.1. The first-order valence-corrected chi connectivity index (χ1v) is 6.26. The minimum absolute atomic E-state index is 0.690. The number of nitrogens with zero attached hydrogens (tertiary/aromatic N) is 3. The van der Waals surface area contributed by atoms with Crippen LogP contribution in [0.15, 0.2) is 35.0 Å². The number of fused-ring (bicyclic) bond motifs is 1. The Morgan fingerprint density at radius 1 is 1.26 bits per heavy atom. The van der Waals surface area contributed by atoms with Gasteiger partial charge in [0.15, 0.2) is 0 Å². The lowest BCUT2D eigenvalue weighted by molar-refractivity contribution is 0.561. The smallest absolute Gasteiger partial charge is 0.146 e. The van der Waals surface area contributed by atoms with Crippen LogP contribution < -0.4 is 5.32 Å². The number of para-hydroxylation sites is 1. The van der Waals surface area contributed by atoms with Crippen LogP contribution in [0.3, 0.4) is 0 Å². The number of aryl methyl sites for hydroxylation is 2. The molecule has 2 aromatic heterocycles. The van der Waals surface area contributed by atoms with E-state index >= 15 is 0 Å². The fraction of sp³-hybridized carbons (Fsp3) is 0.286. The van der Waals surface area contributed by atoms with E-state index in [1.54, 1.807) is 6.33 Å². The first-order chi connectivity index (χ1) is 9.25. The SMILES string of the molecule is Cc1oc2ccccc2c1CNCc1nncn1C. The van der Waals surface area contributed by atoms with Gasteiger partial charge in [0.2, 0.25) is 0 Å². The zero-order chi connectivity index (χ0) is 13.2. The maximum atomic E-state index is 5.74. The minimum atomic E-state index is 0.690. The molecular formula is C14H16N4O. The molecule has 19 heavy (non-hydrogen) atoms. The van der Waals surface area contributed by atoms with E-state index in [1.807, 2.05) is 36.7 Å². The third-order valence-electron chi connectivity index (χ3n) is 3.29. The first-order valence-electron chi connectivity index (χ1n) is 6.26. The van der Waals surface area contributed by atoms with E-state index in [-0.39, 0.29) is 0 Å². The quantitative estimate of drug-likeness (QED) is 0.777. The molecule has 3 rings (SSSR count). The third kappa shape index (κ3) is 2.24. The van der Waals surface area contributed by atoms with Crippen LogP contribution in [0.2, 0.25) is 0 Å². The van der Waals surface area contributed by atoms with Crippen molar-refractivity contribution < 1.29 is 4.42 Å². The van der Waals surface area contributed by atoms with E-state index < -0.39 is 0 Å². The Hall–Kier alpha value is -2.14. The Kier molecular flexibility index (Phi) is 3.05. The molecule has 0 unspecified atom stereocenters. The molecule has 0 aliphatic carbocycles. The van der Waals surface area contributed by atoms with Crippen LogP contribution in [0.25, 0.3) is 11.0 Å². The van der Waals surface area contributed by atoms with E-state index in [9.17, 15) is 0 Å². The molecule has 0 aliphatic heterocycles. The lowest BCUT2D eigenvalue weighted by atomic mass is 10.1. The number of nitrogens with one attached hydrogen (secondary N) is 1. The monoisotopic (exact) mass is 256 g/mol. The average molecular weight is 256 g/mol. The highest BCUT2D eigenvalue weighted by Gasteiger charge is 2.10. The summed E-state index contributed by atoms with van der Waals surface area (Å²) < 4.78 is 7.65. The van der Waals surface area contributed by atoms with Crippen molar-refractivity contribution >= 4 is 11.0 Å². The summed E-state index contributed by atoms with van der Waals surface area (Å²) in [6.45, 7) is 3.45. The molecule has 98 valence electrons. The molecule has 0 spiro atoms. The van der Waals surface area contributed by atoms with E-state index in [2.05, 4.69) is 21.6 Å². The molecular weight excluding hydrogens is 240 g/mol. The van der Waals surface area contributed by atoms with Crippen molar-refractivity contribution in [3.63, 3.8) is 0 Å². The summed E-state index contributed by atoms with van der Waals surface area (Å²) in [5, 5.41) is 12.5. The Labute approximate surface area is 111 Å². The van der Waals surface area contributed by atoms with Crippen molar-refractivity contribution in [3.8, 4) is 0 Å². The van der Waals surface area contributed by atoms with E-state index in [0.717, 1.165) is 23.7 Å². The number of furan rings is 1. The fourth-order valence-corrected chi connectivity index (χ4v) is 2.21. The highest BCUT2D eigenvalue weighted by molar-refractivity contribution is 5.82. The van der Waals surface area contributed by atoms with E-state index in [0.29, 0.717) is 6.54 Å². The molecule has 1 N–H and O–H groups in total. The summed E-state index contributed by atoms with van der Waals surface area (Å²) in [5.41, 5.74) is 2.15. The molecule has 0 amide bonds. The summed E-state index contributed by atoms with van der Waals surface area (Å²) in [7, 11) is 1.94. The molecule has 5 nitrogen and oxygen atoms in total. The summed E-state index contributed by atoms with van der Waals surface area (Å²) in [5.74, 6) is 1.89. The van der Waals surface area contributed by atoms with Gasteiger partial charge in [-0.2, -0.15) is 0 Å². The van der Waals surface area contributed by atoms with E-state index in [4.69, 9.17) is 4.42 Å². The maximum Gasteiger partial charge on any atom is 0.146 e. The predicted molar refractivity (Wildman–Crippen MR) is 72.5 cm³/mol. The number of benzene rings is 1. The predicted octanol–water partition coefficient (Wildman–Crippen LogP) is 2.16. The van der Waals surface area contributed by atoms with Crippen LogP contribution in [0.5, 0.6) is 0 Å². The normalized spacial score (nSPS) is 11.3. The lowest BCUT2D eigenvalue weighted by Crippen LogP contribution is -2.16. The molecule has 3 aromatic rings. The number of aromatic nitrogens is 3. The Morgan fingerprint density at radius 3 is 2.89 bits per heavy atom. The van der Waals surface area contributed by atoms with Gasteiger partial charge in [-0.25, -0.2) is 0 Å². The fourth-order valence-electron chi connectivity index (χ4n) is 2.21. The molecule has 5 heteroatoms.